The van der Waals surface area contributed by atoms with Gasteiger partial charge in [0.15, 0.2) is 5.66 Å². The number of phenols is 1. The fourth-order valence-electron chi connectivity index (χ4n) is 3.21. The van der Waals surface area contributed by atoms with Gasteiger partial charge in [0.1, 0.15) is 11.7 Å². The molecule has 2 N–H and O–H groups in total. The third-order valence-corrected chi connectivity index (χ3v) is 6.94. The summed E-state index contributed by atoms with van der Waals surface area (Å²) in [6.07, 6.45) is 6.39. The lowest BCUT2D eigenvalue weighted by Crippen LogP contribution is -2.29. The fourth-order valence-corrected chi connectivity index (χ4v) is 5.16. The molecule has 0 heterocycles. The molecule has 6 heteroatoms. The first-order valence-electron chi connectivity index (χ1n) is 8.13. The van der Waals surface area contributed by atoms with E-state index in [1.165, 1.54) is 31.0 Å². The van der Waals surface area contributed by atoms with Crippen LogP contribution in [0.5, 0.6) is 5.75 Å². The molecule has 23 heavy (non-hydrogen) atoms. The smallest absolute Gasteiger partial charge is 0.329 e. The summed E-state index contributed by atoms with van der Waals surface area (Å²) in [6, 6.07) is 6.97. The lowest BCUT2D eigenvalue weighted by molar-refractivity contribution is -0.142. The number of carbonyl (C=O) groups is 1. The van der Waals surface area contributed by atoms with E-state index in [0.29, 0.717) is 23.0 Å². The first-order chi connectivity index (χ1) is 11.1. The molecule has 0 bridgehead atoms. The first kappa shape index (κ1) is 18.3. The third-order valence-electron chi connectivity index (χ3n) is 4.55. The molecule has 1 aromatic rings. The van der Waals surface area contributed by atoms with Crippen LogP contribution in [0.1, 0.15) is 38.5 Å². The number of thioether (sulfide) groups is 1. The van der Waals surface area contributed by atoms with Crippen LogP contribution in [0.3, 0.4) is 0 Å². The number of rotatable bonds is 8. The summed E-state index contributed by atoms with van der Waals surface area (Å²) in [5, 5.41) is 19.4. The van der Waals surface area contributed by atoms with Gasteiger partial charge in [-0.1, -0.05) is 48.8 Å². The van der Waals surface area contributed by atoms with E-state index >= 15 is 0 Å². The molecule has 1 fully saturated rings. The Bertz CT molecular complexity index is 531. The first-order valence-corrected chi connectivity index (χ1v) is 10.1. The van der Waals surface area contributed by atoms with E-state index in [4.69, 9.17) is 0 Å². The van der Waals surface area contributed by atoms with Gasteiger partial charge < -0.3 is 10.2 Å². The molecule has 1 aliphatic rings. The normalized spacial score (nSPS) is 18.6. The van der Waals surface area contributed by atoms with Gasteiger partial charge in [-0.3, -0.25) is 4.79 Å². The average molecular weight is 355 g/mol. The van der Waals surface area contributed by atoms with Gasteiger partial charge in [0.05, 0.1) is 0 Å². The Kier molecular flexibility index (Phi) is 7.38. The zero-order valence-corrected chi connectivity index (χ0v) is 14.9. The molecule has 1 saturated carbocycles. The van der Waals surface area contributed by atoms with Crippen molar-refractivity contribution in [3.05, 3.63) is 24.3 Å². The topological polar surface area (TPSA) is 74.6 Å². The number of benzene rings is 1. The van der Waals surface area contributed by atoms with Gasteiger partial charge >= 0.3 is 14.4 Å². The number of carboxylic acids is 1. The minimum absolute atomic E-state index is 0.185. The average Bonchev–Trinajstić information content (AvgIpc) is 2.56. The van der Waals surface area contributed by atoms with Crippen molar-refractivity contribution in [1.29, 1.82) is 0 Å². The van der Waals surface area contributed by atoms with Crippen molar-refractivity contribution in [3.63, 3.8) is 0 Å². The van der Waals surface area contributed by atoms with Gasteiger partial charge in [-0.15, -0.1) is 11.8 Å². The summed E-state index contributed by atoms with van der Waals surface area (Å²) in [4.78, 5) is 12.4. The zero-order valence-electron chi connectivity index (χ0n) is 13.1. The number of para-hydroxylation sites is 1. The maximum absolute atomic E-state index is 11.7. The molecule has 2 rings (SSSR count). The van der Waals surface area contributed by atoms with E-state index in [2.05, 4.69) is 0 Å². The number of carboxylic acid groups (broad SMARTS) is 1. The van der Waals surface area contributed by atoms with Crippen LogP contribution < -0.4 is 0 Å². The molecular weight excluding hydrogens is 331 g/mol. The van der Waals surface area contributed by atoms with Crippen molar-refractivity contribution in [3.8, 4) is 5.75 Å². The van der Waals surface area contributed by atoms with Gasteiger partial charge in [0.25, 0.3) is 0 Å². The molecule has 4 nitrogen and oxygen atoms in total. The molecule has 1 aliphatic carbocycles. The molecule has 0 amide bonds. The van der Waals surface area contributed by atoms with E-state index in [1.54, 1.807) is 18.2 Å². The SMILES string of the molecule is O=[PH+]C(CSc1ccccc1O)C(CC1CCCCC1)C(=O)O. The lowest BCUT2D eigenvalue weighted by atomic mass is 9.82. The van der Waals surface area contributed by atoms with Gasteiger partial charge in [-0.05, 0) is 24.5 Å². The molecule has 0 spiro atoms. The number of aliphatic carboxylic acids is 1. The highest BCUT2D eigenvalue weighted by molar-refractivity contribution is 7.99. The van der Waals surface area contributed by atoms with Gasteiger partial charge in [-0.25, -0.2) is 0 Å². The summed E-state index contributed by atoms with van der Waals surface area (Å²) in [5.41, 5.74) is -0.376. The second-order valence-corrected chi connectivity index (χ2v) is 8.23. The molecule has 0 aromatic heterocycles. The third kappa shape index (κ3) is 5.50. The summed E-state index contributed by atoms with van der Waals surface area (Å²) in [6.45, 7) is 0. The number of hydrogen-bond donors (Lipinski definition) is 2. The maximum Gasteiger partial charge on any atom is 0.329 e. The van der Waals surface area contributed by atoms with E-state index in [1.807, 2.05) is 6.07 Å². The van der Waals surface area contributed by atoms with E-state index in [-0.39, 0.29) is 11.4 Å². The fraction of sp³-hybridized carbons (Fsp3) is 0.588. The largest absolute Gasteiger partial charge is 0.507 e. The second kappa shape index (κ2) is 9.29. The molecule has 3 unspecified atom stereocenters. The van der Waals surface area contributed by atoms with Crippen molar-refractivity contribution in [2.24, 2.45) is 11.8 Å². The van der Waals surface area contributed by atoms with Crippen molar-refractivity contribution in [2.75, 3.05) is 5.75 Å². The number of hydrogen-bond acceptors (Lipinski definition) is 4. The van der Waals surface area contributed by atoms with Crippen LogP contribution >= 0.6 is 20.2 Å². The van der Waals surface area contributed by atoms with Gasteiger partial charge in [0.2, 0.25) is 0 Å². The van der Waals surface area contributed by atoms with Crippen LogP contribution in [0.2, 0.25) is 0 Å². The highest BCUT2D eigenvalue weighted by Crippen LogP contribution is 2.36. The van der Waals surface area contributed by atoms with Crippen LogP contribution in [0.25, 0.3) is 0 Å². The molecule has 3 atom stereocenters. The summed E-state index contributed by atoms with van der Waals surface area (Å²) < 4.78 is 11.6. The van der Waals surface area contributed by atoms with E-state index < -0.39 is 20.3 Å². The van der Waals surface area contributed by atoms with Crippen molar-refractivity contribution < 1.29 is 19.6 Å². The predicted molar refractivity (Wildman–Crippen MR) is 93.9 cm³/mol. The minimum atomic E-state index is -0.846. The predicted octanol–water partition coefficient (Wildman–Crippen LogP) is 4.55. The van der Waals surface area contributed by atoms with Crippen molar-refractivity contribution in [2.45, 2.75) is 49.1 Å². The van der Waals surface area contributed by atoms with Crippen LogP contribution in [0, 0.1) is 11.8 Å². The lowest BCUT2D eigenvalue weighted by Gasteiger charge is -2.25. The molecule has 0 saturated heterocycles. The standard InChI is InChI=1S/C17H23O4PS/c18-14-8-4-5-9-16(14)23-11-15(22-21)13(17(19)20)10-12-6-2-1-3-7-12/h4-5,8-9,12-13,15,18H,1-3,6-7,10-11H2,(H,19,20)/p+1. The van der Waals surface area contributed by atoms with Gasteiger partial charge in [0, 0.05) is 10.6 Å². The van der Waals surface area contributed by atoms with Crippen molar-refractivity contribution >= 4 is 26.2 Å². The Morgan fingerprint density at radius 2 is 1.96 bits per heavy atom. The highest BCUT2D eigenvalue weighted by atomic mass is 32.2. The summed E-state index contributed by atoms with van der Waals surface area (Å²) >= 11 is 1.38. The van der Waals surface area contributed by atoms with Crippen molar-refractivity contribution in [1.82, 2.24) is 0 Å². The number of aromatic hydroxyl groups is 1. The Labute approximate surface area is 142 Å². The Balaban J connectivity index is 1.98. The summed E-state index contributed by atoms with van der Waals surface area (Å²) in [5.74, 6) is -0.332. The highest BCUT2D eigenvalue weighted by Gasteiger charge is 2.36. The monoisotopic (exact) mass is 355 g/mol. The Morgan fingerprint density at radius 3 is 2.57 bits per heavy atom. The van der Waals surface area contributed by atoms with E-state index in [9.17, 15) is 19.6 Å². The Hall–Kier alpha value is -1.06. The molecule has 1 aromatic carbocycles. The zero-order chi connectivity index (χ0) is 16.7. The Morgan fingerprint density at radius 1 is 1.26 bits per heavy atom. The van der Waals surface area contributed by atoms with Gasteiger partial charge in [-0.2, -0.15) is 0 Å². The minimum Gasteiger partial charge on any atom is -0.507 e. The van der Waals surface area contributed by atoms with Crippen LogP contribution in [-0.4, -0.2) is 27.6 Å². The maximum atomic E-state index is 11.7. The molecule has 0 aliphatic heterocycles. The van der Waals surface area contributed by atoms with Crippen LogP contribution in [0.4, 0.5) is 0 Å². The quantitative estimate of drug-likeness (QED) is 0.529. The molecular formula is C17H24O4PS+. The molecule has 0 radical (unpaired) electrons. The molecule has 126 valence electrons. The van der Waals surface area contributed by atoms with E-state index in [0.717, 1.165) is 12.8 Å². The number of phenolic OH excluding ortho intramolecular Hbond substituents is 1. The van der Waals surface area contributed by atoms with Crippen LogP contribution in [0.15, 0.2) is 29.2 Å². The summed E-state index contributed by atoms with van der Waals surface area (Å²) in [7, 11) is -0.642. The van der Waals surface area contributed by atoms with Crippen LogP contribution in [-0.2, 0) is 9.36 Å². The second-order valence-electron chi connectivity index (χ2n) is 6.19.